The molecule has 0 saturated heterocycles. The van der Waals surface area contributed by atoms with Gasteiger partial charge in [0.15, 0.2) is 0 Å². The summed E-state index contributed by atoms with van der Waals surface area (Å²) >= 11 is 0. The van der Waals surface area contributed by atoms with Crippen molar-refractivity contribution in [2.75, 3.05) is 26.2 Å². The standard InChI is InChI=1S/C36H66N8O8S4/c1-35(53(45,46)41-31-23-15-7-3-11-19-27-37,54(47,48)42-32-24-16-8-4-12-20-28-38)36(2,55(49,50)43-33-25-17-9-5-13-21-29-39)56(51,52)44-34-26-18-10-6-14-22-30-40/h41-44H,3-26,31-34H2,1-2H3. The number of rotatable bonds is 37. The van der Waals surface area contributed by atoms with Gasteiger partial charge in [0.25, 0.3) is 0 Å². The maximum Gasteiger partial charge on any atom is 0.235 e. The van der Waals surface area contributed by atoms with Crippen LogP contribution in [0.4, 0.5) is 0 Å². The highest BCUT2D eigenvalue weighted by Crippen LogP contribution is 2.44. The topological polar surface area (TPSA) is 280 Å². The van der Waals surface area contributed by atoms with Gasteiger partial charge in [0.05, 0.1) is 24.3 Å². The lowest BCUT2D eigenvalue weighted by molar-refractivity contribution is 0.474. The van der Waals surface area contributed by atoms with Gasteiger partial charge in [-0.3, -0.25) is 0 Å². The van der Waals surface area contributed by atoms with E-state index < -0.39 is 48.3 Å². The van der Waals surface area contributed by atoms with Gasteiger partial charge in [-0.2, -0.15) is 21.0 Å². The molecule has 0 aromatic carbocycles. The van der Waals surface area contributed by atoms with Crippen LogP contribution < -0.4 is 18.9 Å². The van der Waals surface area contributed by atoms with Gasteiger partial charge >= 0.3 is 0 Å². The van der Waals surface area contributed by atoms with Crippen molar-refractivity contribution in [3.63, 3.8) is 0 Å². The van der Waals surface area contributed by atoms with Crippen molar-refractivity contribution in [2.24, 2.45) is 0 Å². The molecule has 0 aliphatic heterocycles. The summed E-state index contributed by atoms with van der Waals surface area (Å²) in [5, 5.41) is 35.0. The first-order chi connectivity index (χ1) is 26.5. The number of nitrogens with zero attached hydrogens (tertiary/aromatic N) is 4. The molecule has 0 amide bonds. The number of hydrogen-bond donors (Lipinski definition) is 4. The molecule has 0 atom stereocenters. The Hall–Kier alpha value is -2.40. The average molecular weight is 867 g/mol. The summed E-state index contributed by atoms with van der Waals surface area (Å²) in [4.78, 5) is 0. The first-order valence-corrected chi connectivity index (χ1v) is 25.9. The zero-order valence-corrected chi connectivity index (χ0v) is 36.8. The lowest BCUT2D eigenvalue weighted by Gasteiger charge is -2.42. The monoisotopic (exact) mass is 866 g/mol. The number of unbranched alkanes of at least 4 members (excludes halogenated alkanes) is 20. The summed E-state index contributed by atoms with van der Waals surface area (Å²) in [6, 6.07) is 8.21. The maximum atomic E-state index is 14.4. The van der Waals surface area contributed by atoms with Gasteiger partial charge in [-0.1, -0.05) is 77.0 Å². The van der Waals surface area contributed by atoms with Crippen LogP contribution in [0, 0.1) is 45.3 Å². The van der Waals surface area contributed by atoms with Gasteiger partial charge in [-0.25, -0.2) is 52.6 Å². The van der Waals surface area contributed by atoms with Gasteiger partial charge in [-0.15, -0.1) is 0 Å². The molecule has 0 bridgehead atoms. The van der Waals surface area contributed by atoms with Crippen molar-refractivity contribution < 1.29 is 33.7 Å². The van der Waals surface area contributed by atoms with E-state index in [0.29, 0.717) is 117 Å². The van der Waals surface area contributed by atoms with Gasteiger partial charge in [-0.05, 0) is 65.2 Å². The molecule has 56 heavy (non-hydrogen) atoms. The Morgan fingerprint density at radius 2 is 0.482 bits per heavy atom. The Balaban J connectivity index is 6.80. The van der Waals surface area contributed by atoms with Crippen LogP contribution in [0.3, 0.4) is 0 Å². The predicted octanol–water partition coefficient (Wildman–Crippen LogP) is 5.55. The molecular weight excluding hydrogens is 801 g/mol. The van der Waals surface area contributed by atoms with Crippen LogP contribution in [0.2, 0.25) is 0 Å². The van der Waals surface area contributed by atoms with Gasteiger partial charge in [0, 0.05) is 51.9 Å². The number of hydrogen-bond acceptors (Lipinski definition) is 12. The quantitative estimate of drug-likeness (QED) is 0.0559. The Morgan fingerprint density at radius 3 is 0.661 bits per heavy atom. The van der Waals surface area contributed by atoms with Gasteiger partial charge in [0.2, 0.25) is 48.3 Å². The molecule has 0 fully saturated rings. The van der Waals surface area contributed by atoms with Crippen LogP contribution in [0.1, 0.15) is 168 Å². The molecule has 0 spiro atoms. The van der Waals surface area contributed by atoms with E-state index in [-0.39, 0.29) is 51.9 Å². The largest absolute Gasteiger partial charge is 0.235 e. The Labute approximate surface area is 338 Å². The third-order valence-electron chi connectivity index (χ3n) is 9.91. The highest BCUT2D eigenvalue weighted by Gasteiger charge is 2.74. The second kappa shape index (κ2) is 28.9. The molecule has 0 radical (unpaired) electrons. The molecule has 20 heteroatoms. The fourth-order valence-corrected chi connectivity index (χ4v) is 16.4. The second-order valence-electron chi connectivity index (χ2n) is 14.2. The van der Waals surface area contributed by atoms with Crippen molar-refractivity contribution in [3.05, 3.63) is 0 Å². The fraction of sp³-hybridized carbons (Fsp3) is 0.889. The molecule has 0 aliphatic carbocycles. The Bertz CT molecular complexity index is 1480. The first kappa shape index (κ1) is 53.6. The molecule has 0 unspecified atom stereocenters. The minimum Gasteiger partial charge on any atom is -0.214 e. The van der Waals surface area contributed by atoms with Crippen LogP contribution >= 0.6 is 0 Å². The molecule has 4 N–H and O–H groups in total. The maximum absolute atomic E-state index is 14.4. The van der Waals surface area contributed by atoms with Crippen molar-refractivity contribution in [1.82, 2.24) is 18.9 Å². The van der Waals surface area contributed by atoms with Crippen molar-refractivity contribution in [1.29, 1.82) is 21.0 Å². The Morgan fingerprint density at radius 1 is 0.321 bits per heavy atom. The summed E-state index contributed by atoms with van der Waals surface area (Å²) < 4.78 is 117. The second-order valence-corrected chi connectivity index (χ2v) is 23.2. The van der Waals surface area contributed by atoms with Crippen LogP contribution in [-0.2, 0) is 40.1 Å². The van der Waals surface area contributed by atoms with E-state index in [9.17, 15) is 33.7 Å². The van der Waals surface area contributed by atoms with Crippen molar-refractivity contribution in [3.8, 4) is 24.3 Å². The third-order valence-corrected chi connectivity index (χ3v) is 21.1. The smallest absolute Gasteiger partial charge is 0.214 e. The fourth-order valence-electron chi connectivity index (χ4n) is 6.08. The number of sulfonamides is 4. The van der Waals surface area contributed by atoms with Crippen LogP contribution in [0.15, 0.2) is 0 Å². The molecule has 0 rings (SSSR count). The SMILES string of the molecule is CC(C(C)(S(=O)(=O)NCCCCCCCC#N)S(=O)(=O)NCCCCCCCC#N)(S(=O)(=O)NCCCCCCCC#N)S(=O)(=O)NCCCCCCCC#N. The zero-order valence-electron chi connectivity index (χ0n) is 33.5. The summed E-state index contributed by atoms with van der Waals surface area (Å²) in [6.45, 7) is 0.104. The predicted molar refractivity (Wildman–Crippen MR) is 218 cm³/mol. The normalized spacial score (nSPS) is 12.8. The number of nitrogens with one attached hydrogen (secondary N) is 4. The van der Waals surface area contributed by atoms with E-state index in [4.69, 9.17) is 21.0 Å². The minimum absolute atomic E-state index is 0.247. The average Bonchev–Trinajstić information content (AvgIpc) is 3.14. The summed E-state index contributed by atoms with van der Waals surface area (Å²) in [7, 11) is -21.3. The van der Waals surface area contributed by atoms with Crippen LogP contribution in [0.25, 0.3) is 0 Å². The summed E-state index contributed by atoms with van der Waals surface area (Å²) in [5.41, 5.74) is 0. The van der Waals surface area contributed by atoms with E-state index in [0.717, 1.165) is 25.7 Å². The third kappa shape index (κ3) is 17.6. The molecule has 16 nitrogen and oxygen atoms in total. The van der Waals surface area contributed by atoms with Crippen LogP contribution in [0.5, 0.6) is 0 Å². The van der Waals surface area contributed by atoms with Gasteiger partial charge in [0.1, 0.15) is 0 Å². The van der Waals surface area contributed by atoms with Crippen molar-refractivity contribution in [2.45, 2.75) is 176 Å². The van der Waals surface area contributed by atoms with Gasteiger partial charge < -0.3 is 0 Å². The lowest BCUT2D eigenvalue weighted by Crippen LogP contribution is -2.74. The van der Waals surface area contributed by atoms with E-state index in [1.807, 2.05) is 0 Å². The minimum atomic E-state index is -5.32. The van der Waals surface area contributed by atoms with E-state index in [2.05, 4.69) is 43.2 Å². The summed E-state index contributed by atoms with van der Waals surface area (Å²) in [6.07, 6.45) is 12.8. The molecule has 0 saturated carbocycles. The highest BCUT2D eigenvalue weighted by atomic mass is 32.3. The van der Waals surface area contributed by atoms with Crippen LogP contribution in [-0.4, -0.2) is 68.0 Å². The molecule has 0 aromatic rings. The molecule has 0 heterocycles. The Kier molecular flexibility index (Phi) is 27.7. The molecule has 322 valence electrons. The number of nitriles is 4. The first-order valence-electron chi connectivity index (χ1n) is 19.9. The zero-order chi connectivity index (χ0) is 42.5. The van der Waals surface area contributed by atoms with E-state index in [1.54, 1.807) is 0 Å². The molecule has 0 aromatic heterocycles. The lowest BCUT2D eigenvalue weighted by atomic mass is 10.1. The molecule has 0 aliphatic rings. The van der Waals surface area contributed by atoms with E-state index in [1.165, 1.54) is 0 Å². The molecular formula is C36H66N8O8S4. The van der Waals surface area contributed by atoms with E-state index >= 15 is 0 Å². The summed E-state index contributed by atoms with van der Waals surface area (Å²) in [5.74, 6) is 0. The van der Waals surface area contributed by atoms with Crippen molar-refractivity contribution >= 4 is 40.1 Å². The highest BCUT2D eigenvalue weighted by molar-refractivity contribution is 8.15.